The number of alkyl halides is 1. The van der Waals surface area contributed by atoms with Gasteiger partial charge in [-0.25, -0.2) is 4.39 Å². The van der Waals surface area contributed by atoms with Crippen molar-refractivity contribution in [1.82, 2.24) is 0 Å². The highest BCUT2D eigenvalue weighted by Crippen LogP contribution is 2.26. The van der Waals surface area contributed by atoms with Crippen molar-refractivity contribution in [3.8, 4) is 11.5 Å². The lowest BCUT2D eigenvalue weighted by atomic mass is 10.2. The maximum absolute atomic E-state index is 13.1. The molecule has 0 aliphatic heterocycles. The standard InChI is InChI=1S/C15H13Cl2FO2/c1-19-12-3-5-15(11(7-12)8-16)20-9-10-2-4-14(18)13(17)6-10/h2-7H,8-9H2,1H3. The molecule has 0 saturated heterocycles. The number of benzene rings is 2. The molecule has 0 N–H and O–H groups in total. The van der Waals surface area contributed by atoms with Crippen LogP contribution in [0.25, 0.3) is 0 Å². The van der Waals surface area contributed by atoms with Crippen LogP contribution in [-0.4, -0.2) is 7.11 Å². The Balaban J connectivity index is 2.12. The molecule has 0 aliphatic rings. The van der Waals surface area contributed by atoms with Gasteiger partial charge in [0.2, 0.25) is 0 Å². The van der Waals surface area contributed by atoms with Gasteiger partial charge in [-0.2, -0.15) is 0 Å². The van der Waals surface area contributed by atoms with E-state index < -0.39 is 5.82 Å². The van der Waals surface area contributed by atoms with Gasteiger partial charge in [0.15, 0.2) is 0 Å². The molecule has 0 radical (unpaired) electrons. The second-order valence-corrected chi connectivity index (χ2v) is 4.82. The van der Waals surface area contributed by atoms with E-state index in [-0.39, 0.29) is 11.6 Å². The number of ether oxygens (including phenoxy) is 2. The van der Waals surface area contributed by atoms with Gasteiger partial charge < -0.3 is 9.47 Å². The zero-order chi connectivity index (χ0) is 14.5. The topological polar surface area (TPSA) is 18.5 Å². The molecule has 2 nitrogen and oxygen atoms in total. The summed E-state index contributed by atoms with van der Waals surface area (Å²) in [5.74, 6) is 1.26. The second kappa shape index (κ2) is 6.82. The van der Waals surface area contributed by atoms with Gasteiger partial charge in [0.05, 0.1) is 18.0 Å². The maximum atomic E-state index is 13.1. The number of halogens is 3. The summed E-state index contributed by atoms with van der Waals surface area (Å²) in [5, 5.41) is 0.0818. The predicted octanol–water partition coefficient (Wildman–Crippen LogP) is 4.81. The van der Waals surface area contributed by atoms with Crippen LogP contribution in [0.5, 0.6) is 11.5 Å². The Kier molecular flexibility index (Phi) is 5.10. The summed E-state index contributed by atoms with van der Waals surface area (Å²) in [4.78, 5) is 0. The van der Waals surface area contributed by atoms with Gasteiger partial charge in [-0.15, -0.1) is 11.6 Å². The van der Waals surface area contributed by atoms with Gasteiger partial charge in [0.1, 0.15) is 23.9 Å². The van der Waals surface area contributed by atoms with E-state index in [0.717, 1.165) is 16.9 Å². The van der Waals surface area contributed by atoms with Crippen molar-refractivity contribution in [2.75, 3.05) is 7.11 Å². The minimum absolute atomic E-state index is 0.0818. The van der Waals surface area contributed by atoms with Crippen LogP contribution >= 0.6 is 23.2 Å². The first-order chi connectivity index (χ1) is 9.63. The van der Waals surface area contributed by atoms with Crippen molar-refractivity contribution in [3.05, 3.63) is 58.4 Å². The van der Waals surface area contributed by atoms with Crippen LogP contribution in [-0.2, 0) is 12.5 Å². The first-order valence-corrected chi connectivity index (χ1v) is 6.85. The van der Waals surface area contributed by atoms with Crippen molar-refractivity contribution >= 4 is 23.2 Å². The highest BCUT2D eigenvalue weighted by molar-refractivity contribution is 6.30. The molecule has 2 aromatic carbocycles. The number of hydrogen-bond acceptors (Lipinski definition) is 2. The Morgan fingerprint density at radius 1 is 1.15 bits per heavy atom. The molecule has 0 unspecified atom stereocenters. The molecule has 20 heavy (non-hydrogen) atoms. The molecule has 106 valence electrons. The minimum Gasteiger partial charge on any atom is -0.497 e. The lowest BCUT2D eigenvalue weighted by Gasteiger charge is -2.11. The quantitative estimate of drug-likeness (QED) is 0.738. The summed E-state index contributed by atoms with van der Waals surface area (Å²) in [5.41, 5.74) is 1.62. The zero-order valence-corrected chi connectivity index (χ0v) is 12.3. The van der Waals surface area contributed by atoms with Crippen molar-refractivity contribution in [2.24, 2.45) is 0 Å². The maximum Gasteiger partial charge on any atom is 0.141 e. The smallest absolute Gasteiger partial charge is 0.141 e. The fourth-order valence-electron chi connectivity index (χ4n) is 1.72. The van der Waals surface area contributed by atoms with E-state index in [1.807, 2.05) is 6.07 Å². The first-order valence-electron chi connectivity index (χ1n) is 5.93. The van der Waals surface area contributed by atoms with Crippen molar-refractivity contribution in [2.45, 2.75) is 12.5 Å². The van der Waals surface area contributed by atoms with E-state index in [1.54, 1.807) is 31.4 Å². The SMILES string of the molecule is COc1ccc(OCc2ccc(F)c(Cl)c2)c(CCl)c1. The molecule has 5 heteroatoms. The third kappa shape index (κ3) is 3.56. The summed E-state index contributed by atoms with van der Waals surface area (Å²) >= 11 is 11.6. The van der Waals surface area contributed by atoms with E-state index >= 15 is 0 Å². The highest BCUT2D eigenvalue weighted by atomic mass is 35.5. The molecular weight excluding hydrogens is 302 g/mol. The molecular formula is C15H13Cl2FO2. The van der Waals surface area contributed by atoms with Gasteiger partial charge in [-0.3, -0.25) is 0 Å². The van der Waals surface area contributed by atoms with Gasteiger partial charge in [0.25, 0.3) is 0 Å². The Labute approximate surface area is 127 Å². The number of rotatable bonds is 5. The van der Waals surface area contributed by atoms with E-state index in [0.29, 0.717) is 11.6 Å². The van der Waals surface area contributed by atoms with Gasteiger partial charge in [-0.05, 0) is 35.9 Å². The van der Waals surface area contributed by atoms with Gasteiger partial charge in [0, 0.05) is 5.56 Å². The average molecular weight is 315 g/mol. The zero-order valence-electron chi connectivity index (χ0n) is 10.8. The molecule has 0 amide bonds. The van der Waals surface area contributed by atoms with Crippen LogP contribution in [0.1, 0.15) is 11.1 Å². The van der Waals surface area contributed by atoms with Crippen LogP contribution in [0, 0.1) is 5.82 Å². The van der Waals surface area contributed by atoms with Crippen LogP contribution in [0.2, 0.25) is 5.02 Å². The second-order valence-electron chi connectivity index (χ2n) is 4.14. The molecule has 0 spiro atoms. The number of methoxy groups -OCH3 is 1. The van der Waals surface area contributed by atoms with Crippen molar-refractivity contribution in [1.29, 1.82) is 0 Å². The third-order valence-corrected chi connectivity index (χ3v) is 3.37. The Hall–Kier alpha value is -1.45. The highest BCUT2D eigenvalue weighted by Gasteiger charge is 2.06. The lowest BCUT2D eigenvalue weighted by Crippen LogP contribution is -1.99. The molecule has 0 saturated carbocycles. The Bertz CT molecular complexity index is 602. The molecule has 0 heterocycles. The largest absolute Gasteiger partial charge is 0.497 e. The monoisotopic (exact) mass is 314 g/mol. The Morgan fingerprint density at radius 2 is 1.95 bits per heavy atom. The molecule has 0 atom stereocenters. The van der Waals surface area contributed by atoms with E-state index in [1.165, 1.54) is 6.07 Å². The van der Waals surface area contributed by atoms with Crippen molar-refractivity contribution in [3.63, 3.8) is 0 Å². The van der Waals surface area contributed by atoms with Crippen LogP contribution in [0.3, 0.4) is 0 Å². The molecule has 0 aliphatic carbocycles. The number of hydrogen-bond donors (Lipinski definition) is 0. The van der Waals surface area contributed by atoms with E-state index in [2.05, 4.69) is 0 Å². The molecule has 2 aromatic rings. The average Bonchev–Trinajstić information content (AvgIpc) is 2.48. The molecule has 2 rings (SSSR count). The third-order valence-electron chi connectivity index (χ3n) is 2.79. The fourth-order valence-corrected chi connectivity index (χ4v) is 2.13. The molecule has 0 aromatic heterocycles. The van der Waals surface area contributed by atoms with E-state index in [9.17, 15) is 4.39 Å². The molecule has 0 fully saturated rings. The normalized spacial score (nSPS) is 10.4. The predicted molar refractivity (Wildman–Crippen MR) is 78.3 cm³/mol. The van der Waals surface area contributed by atoms with Crippen molar-refractivity contribution < 1.29 is 13.9 Å². The first kappa shape index (κ1) is 14.9. The molecule has 0 bridgehead atoms. The van der Waals surface area contributed by atoms with Crippen LogP contribution in [0.4, 0.5) is 4.39 Å². The Morgan fingerprint density at radius 3 is 2.60 bits per heavy atom. The summed E-state index contributed by atoms with van der Waals surface area (Å²) < 4.78 is 23.9. The summed E-state index contributed by atoms with van der Waals surface area (Å²) in [6.45, 7) is 0.288. The lowest BCUT2D eigenvalue weighted by molar-refractivity contribution is 0.303. The van der Waals surface area contributed by atoms with Gasteiger partial charge >= 0.3 is 0 Å². The van der Waals surface area contributed by atoms with Gasteiger partial charge in [-0.1, -0.05) is 17.7 Å². The summed E-state index contributed by atoms with van der Waals surface area (Å²) in [6, 6.07) is 9.90. The fraction of sp³-hybridized carbons (Fsp3) is 0.200. The van der Waals surface area contributed by atoms with Crippen LogP contribution < -0.4 is 9.47 Å². The van der Waals surface area contributed by atoms with E-state index in [4.69, 9.17) is 32.7 Å². The van der Waals surface area contributed by atoms with Crippen LogP contribution in [0.15, 0.2) is 36.4 Å². The summed E-state index contributed by atoms with van der Waals surface area (Å²) in [7, 11) is 1.59. The minimum atomic E-state index is -0.443. The summed E-state index contributed by atoms with van der Waals surface area (Å²) in [6.07, 6.45) is 0.